The number of hydrogen-bond donors (Lipinski definition) is 2. The van der Waals surface area contributed by atoms with Crippen LogP contribution in [0.2, 0.25) is 0 Å². The Kier molecular flexibility index (Phi) is 13.8. The van der Waals surface area contributed by atoms with E-state index >= 15 is 0 Å². The number of pyridine rings is 1. The summed E-state index contributed by atoms with van der Waals surface area (Å²) < 4.78 is 14.3. The lowest BCUT2D eigenvalue weighted by Gasteiger charge is -2.40. The Morgan fingerprint density at radius 1 is 1.05 bits per heavy atom. The van der Waals surface area contributed by atoms with Crippen molar-refractivity contribution in [3.63, 3.8) is 0 Å². The molecule has 3 aliphatic heterocycles. The number of methoxy groups -OCH3 is 1. The predicted octanol–water partition coefficient (Wildman–Crippen LogP) is 6.41. The van der Waals surface area contributed by atoms with E-state index in [1.807, 2.05) is 25.1 Å². The van der Waals surface area contributed by atoms with Crippen molar-refractivity contribution in [2.75, 3.05) is 40.4 Å². The van der Waals surface area contributed by atoms with Gasteiger partial charge in [0.25, 0.3) is 5.91 Å². The van der Waals surface area contributed by atoms with Gasteiger partial charge in [-0.3, -0.25) is 34.0 Å². The van der Waals surface area contributed by atoms with Gasteiger partial charge in [-0.05, 0) is 111 Å². The van der Waals surface area contributed by atoms with Crippen molar-refractivity contribution in [1.82, 2.24) is 35.1 Å². The average molecular weight is 900 g/mol. The number of cyclic esters (lactones) is 1. The lowest BCUT2D eigenvalue weighted by atomic mass is 9.78. The fourth-order valence-electron chi connectivity index (χ4n) is 10.4. The molecule has 2 saturated heterocycles. The number of carbonyl (C=O) groups excluding carboxylic acids is 5. The summed E-state index contributed by atoms with van der Waals surface area (Å²) in [4.78, 5) is 77.8. The number of hydrogen-bond acceptors (Lipinski definition) is 9. The molecule has 1 aliphatic carbocycles. The van der Waals surface area contributed by atoms with Crippen LogP contribution in [-0.2, 0) is 52.8 Å². The number of ether oxygens (including phenoxy) is 2. The Hall–Kier alpha value is -5.86. The number of aromatic nitrogens is 2. The number of likely N-dealkylation sites (N-methyl/N-ethyl adjacent to an activating group) is 1. The van der Waals surface area contributed by atoms with Crippen LogP contribution in [0.15, 0.2) is 73.4 Å². The molecule has 4 amide bonds. The number of likely N-dealkylation sites (tertiary alicyclic amines) is 1. The van der Waals surface area contributed by atoms with Gasteiger partial charge in [0.05, 0.1) is 30.0 Å². The molecule has 1 saturated carbocycles. The monoisotopic (exact) mass is 899 g/mol. The standard InChI is InChI=1S/C52H65N7O7/c1-8-44(60)57-25-22-37(30-57)49(62)56(6)46(34-15-11-16-34)48(61)54-42-27-33-14-10-17-35(26-33)36-20-21-43-39(28-36)40(47(58(43)9-2)38-18-12-23-53-45(38)32(3)65-7)29-52(4,5)31-66-51(64)41-19-13-24-59(55-41)50(42)63/h8,10,12,14,17-18,20-21,23,26,28,32,34,37,41-42,46,55H,1,9,11,13,15-16,19,22,24-25,27,29-31H2,2-7H3,(H,54,61)/t32?,37-,41-,42?,46?/m0/s1. The number of rotatable bonds is 10. The number of esters is 1. The summed E-state index contributed by atoms with van der Waals surface area (Å²) in [6, 6.07) is 16.1. The van der Waals surface area contributed by atoms with Crippen LogP contribution in [0.4, 0.5) is 0 Å². The van der Waals surface area contributed by atoms with Gasteiger partial charge in [-0.15, -0.1) is 0 Å². The Balaban J connectivity index is 1.18. The zero-order valence-electron chi connectivity index (χ0n) is 39.3. The number of nitrogens with one attached hydrogen (secondary N) is 2. The Bertz CT molecular complexity index is 2510. The average Bonchev–Trinajstić information content (AvgIpc) is 3.93. The van der Waals surface area contributed by atoms with Gasteiger partial charge < -0.3 is 29.2 Å². The molecule has 4 aliphatic rings. The first-order valence-corrected chi connectivity index (χ1v) is 23.7. The molecule has 5 atom stereocenters. The highest BCUT2D eigenvalue weighted by Gasteiger charge is 2.43. The minimum Gasteiger partial charge on any atom is -0.464 e. The van der Waals surface area contributed by atoms with Crippen LogP contribution in [0.3, 0.4) is 0 Å². The van der Waals surface area contributed by atoms with E-state index < -0.39 is 41.3 Å². The molecule has 66 heavy (non-hydrogen) atoms. The summed E-state index contributed by atoms with van der Waals surface area (Å²) in [6.45, 7) is 13.9. The number of hydrazine groups is 1. The second-order valence-electron chi connectivity index (χ2n) is 19.4. The van der Waals surface area contributed by atoms with E-state index in [4.69, 9.17) is 14.5 Å². The molecule has 2 aromatic heterocycles. The van der Waals surface area contributed by atoms with Gasteiger partial charge in [-0.2, -0.15) is 0 Å². The largest absolute Gasteiger partial charge is 0.464 e. The normalized spacial score (nSPS) is 22.2. The fraction of sp³-hybridized carbons (Fsp3) is 0.500. The lowest BCUT2D eigenvalue weighted by Crippen LogP contribution is -2.62. The molecular formula is C52H65N7O7. The second-order valence-corrected chi connectivity index (χ2v) is 19.4. The number of nitrogens with zero attached hydrogens (tertiary/aromatic N) is 5. The van der Waals surface area contributed by atoms with Gasteiger partial charge in [0.15, 0.2) is 0 Å². The summed E-state index contributed by atoms with van der Waals surface area (Å²) in [5, 5.41) is 5.67. The molecule has 5 heterocycles. The zero-order chi connectivity index (χ0) is 46.9. The molecule has 350 valence electrons. The Morgan fingerprint density at radius 3 is 2.56 bits per heavy atom. The highest BCUT2D eigenvalue weighted by atomic mass is 16.5. The van der Waals surface area contributed by atoms with Crippen LogP contribution >= 0.6 is 0 Å². The Morgan fingerprint density at radius 2 is 1.83 bits per heavy atom. The molecule has 8 rings (SSSR count). The van der Waals surface area contributed by atoms with Crippen molar-refractivity contribution in [2.24, 2.45) is 17.3 Å². The summed E-state index contributed by atoms with van der Waals surface area (Å²) in [5.74, 6) is -2.14. The molecule has 2 aromatic carbocycles. The maximum Gasteiger partial charge on any atom is 0.324 e. The van der Waals surface area contributed by atoms with E-state index in [9.17, 15) is 24.0 Å². The van der Waals surface area contributed by atoms with Crippen molar-refractivity contribution in [3.05, 3.63) is 90.3 Å². The predicted molar refractivity (Wildman–Crippen MR) is 252 cm³/mol. The molecular weight excluding hydrogens is 835 g/mol. The highest BCUT2D eigenvalue weighted by molar-refractivity contribution is 5.96. The van der Waals surface area contributed by atoms with Crippen LogP contribution in [0.25, 0.3) is 33.3 Å². The third-order valence-electron chi connectivity index (χ3n) is 14.3. The summed E-state index contributed by atoms with van der Waals surface area (Å²) in [6.07, 6.45) is 7.60. The van der Waals surface area contributed by atoms with E-state index in [1.54, 1.807) is 30.2 Å². The summed E-state index contributed by atoms with van der Waals surface area (Å²) >= 11 is 0. The SMILES string of the molecule is C=CC(=O)N1CC[C@H](C(=O)N(C)C(C(=O)NC2Cc3cccc(c3)-c3ccc4c(c3)c(c(-c3cccnc3C(C)OC)n4CC)CC(C)(C)COC(=O)[C@@H]3CCCN(N3)C2=O)C2CCC2)C1. The van der Waals surface area contributed by atoms with Crippen molar-refractivity contribution in [3.8, 4) is 22.4 Å². The van der Waals surface area contributed by atoms with Gasteiger partial charge in [0, 0.05) is 74.8 Å². The third kappa shape index (κ3) is 9.40. The van der Waals surface area contributed by atoms with Crippen molar-refractivity contribution >= 4 is 40.5 Å². The number of amides is 4. The number of aryl methyl sites for hydroxylation is 1. The van der Waals surface area contributed by atoms with Crippen LogP contribution in [-0.4, -0.2) is 112 Å². The molecule has 2 N–H and O–H groups in total. The van der Waals surface area contributed by atoms with Crippen LogP contribution in [0.1, 0.15) is 89.1 Å². The third-order valence-corrected chi connectivity index (χ3v) is 14.3. The zero-order valence-corrected chi connectivity index (χ0v) is 39.3. The molecule has 14 heteroatoms. The Labute approximate surface area is 388 Å². The van der Waals surface area contributed by atoms with Crippen molar-refractivity contribution in [2.45, 2.75) is 110 Å². The minimum atomic E-state index is -1.02. The van der Waals surface area contributed by atoms with E-state index in [1.165, 1.54) is 11.1 Å². The van der Waals surface area contributed by atoms with Crippen LogP contribution < -0.4 is 10.7 Å². The first-order valence-electron chi connectivity index (χ1n) is 23.7. The van der Waals surface area contributed by atoms with Gasteiger partial charge >= 0.3 is 5.97 Å². The minimum absolute atomic E-state index is 0.0727. The van der Waals surface area contributed by atoms with Crippen molar-refractivity contribution < 1.29 is 33.4 Å². The van der Waals surface area contributed by atoms with Crippen molar-refractivity contribution in [1.29, 1.82) is 0 Å². The first-order chi connectivity index (χ1) is 31.7. The van der Waals surface area contributed by atoms with E-state index in [0.717, 1.165) is 69.4 Å². The molecule has 3 fully saturated rings. The maximum atomic E-state index is 14.8. The highest BCUT2D eigenvalue weighted by Crippen LogP contribution is 2.42. The van der Waals surface area contributed by atoms with E-state index in [-0.39, 0.29) is 49.3 Å². The number of fused-ring (bicyclic) bond motifs is 6. The van der Waals surface area contributed by atoms with E-state index in [2.05, 4.69) is 79.1 Å². The fourth-order valence-corrected chi connectivity index (χ4v) is 10.4. The molecule has 0 radical (unpaired) electrons. The van der Waals surface area contributed by atoms with E-state index in [0.29, 0.717) is 45.3 Å². The smallest absolute Gasteiger partial charge is 0.324 e. The van der Waals surface area contributed by atoms with Gasteiger partial charge in [-0.1, -0.05) is 57.2 Å². The topological polar surface area (TPSA) is 155 Å². The lowest BCUT2D eigenvalue weighted by molar-refractivity contribution is -0.155. The summed E-state index contributed by atoms with van der Waals surface area (Å²) in [7, 11) is 3.36. The number of benzene rings is 2. The number of carbonyl (C=O) groups is 5. The molecule has 6 bridgehead atoms. The van der Waals surface area contributed by atoms with Crippen LogP contribution in [0, 0.1) is 17.3 Å². The molecule has 4 aromatic rings. The first kappa shape index (κ1) is 46.7. The summed E-state index contributed by atoms with van der Waals surface area (Å²) in [5.41, 5.74) is 10.6. The van der Waals surface area contributed by atoms with Crippen LogP contribution in [0.5, 0.6) is 0 Å². The van der Waals surface area contributed by atoms with Gasteiger partial charge in [0.1, 0.15) is 18.1 Å². The molecule has 0 spiro atoms. The van der Waals surface area contributed by atoms with Gasteiger partial charge in [0.2, 0.25) is 17.7 Å². The van der Waals surface area contributed by atoms with Gasteiger partial charge in [-0.25, -0.2) is 5.43 Å². The quantitative estimate of drug-likeness (QED) is 0.136. The maximum absolute atomic E-state index is 14.8. The molecule has 3 unspecified atom stereocenters. The second kappa shape index (κ2) is 19.5. The molecule has 14 nitrogen and oxygen atoms in total.